The molecule has 1 heterocycles. The molecule has 1 amide bonds. The lowest BCUT2D eigenvalue weighted by molar-refractivity contribution is -0.140. The molecule has 1 fully saturated rings. The van der Waals surface area contributed by atoms with Gasteiger partial charge in [0.05, 0.1) is 24.3 Å². The highest BCUT2D eigenvalue weighted by Gasteiger charge is 2.46. The molecular formula is C26H21NO6. The fraction of sp³-hybridized carbons (Fsp3) is 0.115. The lowest BCUT2D eigenvalue weighted by atomic mass is 9.95. The number of hydrogen-bond acceptors (Lipinski definition) is 6. The van der Waals surface area contributed by atoms with Gasteiger partial charge in [0.25, 0.3) is 11.7 Å². The molecule has 2 N–H and O–H groups in total. The monoisotopic (exact) mass is 443 g/mol. The molecule has 7 nitrogen and oxygen atoms in total. The molecule has 33 heavy (non-hydrogen) atoms. The van der Waals surface area contributed by atoms with Crippen LogP contribution in [0.25, 0.3) is 5.76 Å². The van der Waals surface area contributed by atoms with Crippen molar-refractivity contribution in [3.05, 3.63) is 107 Å². The Kier molecular flexibility index (Phi) is 5.95. The van der Waals surface area contributed by atoms with Crippen molar-refractivity contribution in [2.24, 2.45) is 0 Å². The van der Waals surface area contributed by atoms with Crippen LogP contribution >= 0.6 is 0 Å². The topological polar surface area (TPSA) is 104 Å². The van der Waals surface area contributed by atoms with E-state index in [0.29, 0.717) is 22.3 Å². The van der Waals surface area contributed by atoms with Gasteiger partial charge in [0, 0.05) is 12.1 Å². The molecule has 3 aromatic rings. The summed E-state index contributed by atoms with van der Waals surface area (Å²) in [5.41, 5.74) is 1.87. The Morgan fingerprint density at radius 3 is 2.27 bits per heavy atom. The van der Waals surface area contributed by atoms with Crippen LogP contribution in [0, 0.1) is 0 Å². The van der Waals surface area contributed by atoms with E-state index in [4.69, 9.17) is 4.74 Å². The summed E-state index contributed by atoms with van der Waals surface area (Å²) in [7, 11) is 1.29. The van der Waals surface area contributed by atoms with Crippen LogP contribution < -0.4 is 0 Å². The number of hydrogen-bond donors (Lipinski definition) is 2. The highest BCUT2D eigenvalue weighted by atomic mass is 16.5. The number of aliphatic hydroxyl groups is 1. The van der Waals surface area contributed by atoms with E-state index in [0.717, 1.165) is 0 Å². The number of methoxy groups -OCH3 is 1. The van der Waals surface area contributed by atoms with Crippen molar-refractivity contribution >= 4 is 23.4 Å². The summed E-state index contributed by atoms with van der Waals surface area (Å²) in [4.78, 5) is 39.1. The van der Waals surface area contributed by atoms with Gasteiger partial charge in [0.15, 0.2) is 0 Å². The van der Waals surface area contributed by atoms with Crippen LogP contribution in [0.15, 0.2) is 84.4 Å². The number of Topliss-reactive ketones (excluding diaryl/α,β-unsaturated/α-hetero) is 1. The maximum Gasteiger partial charge on any atom is 0.337 e. The molecule has 0 aliphatic carbocycles. The molecule has 0 spiro atoms. The third-order valence-electron chi connectivity index (χ3n) is 5.50. The maximum atomic E-state index is 13.0. The van der Waals surface area contributed by atoms with E-state index in [1.54, 1.807) is 66.7 Å². The van der Waals surface area contributed by atoms with Crippen LogP contribution in [-0.2, 0) is 20.9 Å². The van der Waals surface area contributed by atoms with Crippen molar-refractivity contribution in [2.75, 3.05) is 7.11 Å². The van der Waals surface area contributed by atoms with E-state index in [1.165, 1.54) is 24.1 Å². The number of amides is 1. The van der Waals surface area contributed by atoms with Crippen molar-refractivity contribution in [3.63, 3.8) is 0 Å². The molecule has 1 atom stereocenters. The summed E-state index contributed by atoms with van der Waals surface area (Å²) >= 11 is 0. The van der Waals surface area contributed by atoms with E-state index in [9.17, 15) is 24.6 Å². The average molecular weight is 443 g/mol. The highest BCUT2D eigenvalue weighted by Crippen LogP contribution is 2.40. The second-order valence-electron chi connectivity index (χ2n) is 7.58. The number of ether oxygens (including phenoxy) is 1. The van der Waals surface area contributed by atoms with Gasteiger partial charge in [-0.05, 0) is 35.4 Å². The number of aromatic hydroxyl groups is 1. The number of aliphatic hydroxyl groups excluding tert-OH is 1. The standard InChI is InChI=1S/C26H21NO6/c1-33-26(32)18-12-10-16(11-13-18)15-27-22(19-8-5-9-20(28)14-19)21(24(30)25(27)31)23(29)17-6-3-2-4-7-17/h2-14,22,28-29H,15H2,1H3/b23-21+. The molecular weight excluding hydrogens is 422 g/mol. The number of rotatable bonds is 5. The Morgan fingerprint density at radius 2 is 1.64 bits per heavy atom. The van der Waals surface area contributed by atoms with E-state index >= 15 is 0 Å². The molecule has 4 rings (SSSR count). The highest BCUT2D eigenvalue weighted by molar-refractivity contribution is 6.46. The van der Waals surface area contributed by atoms with Crippen molar-refractivity contribution in [2.45, 2.75) is 12.6 Å². The Morgan fingerprint density at radius 1 is 0.939 bits per heavy atom. The number of phenols is 1. The van der Waals surface area contributed by atoms with Gasteiger partial charge in [-0.15, -0.1) is 0 Å². The smallest absolute Gasteiger partial charge is 0.337 e. The molecule has 3 aromatic carbocycles. The maximum absolute atomic E-state index is 13.0. The first-order chi connectivity index (χ1) is 15.9. The van der Waals surface area contributed by atoms with Crippen LogP contribution in [0.4, 0.5) is 0 Å². The van der Waals surface area contributed by atoms with Gasteiger partial charge in [-0.2, -0.15) is 0 Å². The number of nitrogens with zero attached hydrogens (tertiary/aromatic N) is 1. The van der Waals surface area contributed by atoms with E-state index in [-0.39, 0.29) is 23.6 Å². The minimum absolute atomic E-state index is 0.0276. The summed E-state index contributed by atoms with van der Waals surface area (Å²) < 4.78 is 4.70. The predicted octanol–water partition coefficient (Wildman–Crippen LogP) is 3.80. The number of ketones is 1. The molecule has 1 saturated heterocycles. The minimum Gasteiger partial charge on any atom is -0.508 e. The van der Waals surface area contributed by atoms with E-state index in [2.05, 4.69) is 0 Å². The Labute approximate surface area is 190 Å². The van der Waals surface area contributed by atoms with Gasteiger partial charge in [0.2, 0.25) is 0 Å². The fourth-order valence-electron chi connectivity index (χ4n) is 3.90. The Bertz CT molecular complexity index is 1250. The lowest BCUT2D eigenvalue weighted by Crippen LogP contribution is -2.29. The van der Waals surface area contributed by atoms with Crippen LogP contribution in [0.5, 0.6) is 5.75 Å². The normalized spacial score (nSPS) is 17.2. The van der Waals surface area contributed by atoms with Gasteiger partial charge in [-0.25, -0.2) is 4.79 Å². The van der Waals surface area contributed by atoms with Gasteiger partial charge in [0.1, 0.15) is 11.5 Å². The average Bonchev–Trinajstić information content (AvgIpc) is 3.09. The Hall–Kier alpha value is -4.39. The largest absolute Gasteiger partial charge is 0.508 e. The molecule has 1 aliphatic heterocycles. The van der Waals surface area contributed by atoms with Gasteiger partial charge in [-0.1, -0.05) is 54.6 Å². The van der Waals surface area contributed by atoms with E-state index < -0.39 is 23.7 Å². The third-order valence-corrected chi connectivity index (χ3v) is 5.50. The lowest BCUT2D eigenvalue weighted by Gasteiger charge is -2.25. The third kappa shape index (κ3) is 4.21. The van der Waals surface area contributed by atoms with Gasteiger partial charge in [-0.3, -0.25) is 9.59 Å². The van der Waals surface area contributed by atoms with Crippen molar-refractivity contribution < 1.29 is 29.3 Å². The molecule has 1 aliphatic rings. The van der Waals surface area contributed by atoms with Crippen LogP contribution in [0.2, 0.25) is 0 Å². The SMILES string of the molecule is COC(=O)c1ccc(CN2C(=O)C(=O)/C(=C(/O)c3ccccc3)C2c2cccc(O)c2)cc1. The number of carbonyl (C=O) groups is 3. The minimum atomic E-state index is -0.905. The van der Waals surface area contributed by atoms with Crippen molar-refractivity contribution in [3.8, 4) is 5.75 Å². The zero-order valence-electron chi connectivity index (χ0n) is 17.8. The zero-order valence-corrected chi connectivity index (χ0v) is 17.8. The first-order valence-electron chi connectivity index (χ1n) is 10.2. The second-order valence-corrected chi connectivity index (χ2v) is 7.58. The van der Waals surface area contributed by atoms with Gasteiger partial charge >= 0.3 is 5.97 Å². The molecule has 0 bridgehead atoms. The van der Waals surface area contributed by atoms with Crippen molar-refractivity contribution in [1.82, 2.24) is 4.90 Å². The van der Waals surface area contributed by atoms with E-state index in [1.807, 2.05) is 0 Å². The molecule has 0 radical (unpaired) electrons. The zero-order chi connectivity index (χ0) is 23.5. The van der Waals surface area contributed by atoms with Crippen LogP contribution in [0.1, 0.15) is 33.1 Å². The Balaban J connectivity index is 1.79. The summed E-state index contributed by atoms with van der Waals surface area (Å²) in [6.45, 7) is 0.0535. The molecule has 166 valence electrons. The summed E-state index contributed by atoms with van der Waals surface area (Å²) in [5.74, 6) is -2.37. The second kappa shape index (κ2) is 9.00. The molecule has 0 aromatic heterocycles. The molecule has 7 heteroatoms. The van der Waals surface area contributed by atoms with Crippen LogP contribution in [-0.4, -0.2) is 39.9 Å². The molecule has 0 saturated carbocycles. The first kappa shape index (κ1) is 21.8. The number of benzene rings is 3. The quantitative estimate of drug-likeness (QED) is 0.269. The predicted molar refractivity (Wildman–Crippen MR) is 120 cm³/mol. The van der Waals surface area contributed by atoms with Crippen LogP contribution in [0.3, 0.4) is 0 Å². The van der Waals surface area contributed by atoms with Crippen molar-refractivity contribution in [1.29, 1.82) is 0 Å². The first-order valence-corrected chi connectivity index (χ1v) is 10.2. The van der Waals surface area contributed by atoms with Gasteiger partial charge < -0.3 is 19.8 Å². The number of phenolic OH excluding ortho intramolecular Hbond substituents is 1. The number of carbonyl (C=O) groups excluding carboxylic acids is 3. The summed E-state index contributed by atoms with van der Waals surface area (Å²) in [6.07, 6.45) is 0. The molecule has 1 unspecified atom stereocenters. The fourth-order valence-corrected chi connectivity index (χ4v) is 3.90. The number of likely N-dealkylation sites (tertiary alicyclic amines) is 1. The number of esters is 1. The summed E-state index contributed by atoms with van der Waals surface area (Å²) in [5, 5.41) is 21.0. The summed E-state index contributed by atoms with van der Waals surface area (Å²) in [6, 6.07) is 20.3.